The van der Waals surface area contributed by atoms with E-state index in [4.69, 9.17) is 14.2 Å². The van der Waals surface area contributed by atoms with Crippen molar-refractivity contribution in [2.24, 2.45) is 0 Å². The van der Waals surface area contributed by atoms with E-state index in [1.54, 1.807) is 13.8 Å². The Morgan fingerprint density at radius 2 is 2.27 bits per heavy atom. The highest BCUT2D eigenvalue weighted by Crippen LogP contribution is 2.27. The summed E-state index contributed by atoms with van der Waals surface area (Å²) in [5.41, 5.74) is 0. The maximum Gasteiger partial charge on any atom is 0.187 e. The van der Waals surface area contributed by atoms with E-state index in [2.05, 4.69) is 0 Å². The summed E-state index contributed by atoms with van der Waals surface area (Å²) in [4.78, 5) is 11.5. The number of hydrogen-bond donors (Lipinski definition) is 1. The van der Waals surface area contributed by atoms with Crippen LogP contribution in [0.25, 0.3) is 0 Å². The fourth-order valence-electron chi connectivity index (χ4n) is 1.67. The molecule has 2 aliphatic heterocycles. The zero-order valence-corrected chi connectivity index (χ0v) is 8.67. The Bertz CT molecular complexity index is 296. The lowest BCUT2D eigenvalue weighted by molar-refractivity contribution is -0.185. The van der Waals surface area contributed by atoms with Crippen LogP contribution >= 0.6 is 0 Å². The van der Waals surface area contributed by atoms with E-state index >= 15 is 0 Å². The third-order valence-corrected chi connectivity index (χ3v) is 2.36. The third kappa shape index (κ3) is 2.26. The lowest BCUT2D eigenvalue weighted by Crippen LogP contribution is -2.42. The summed E-state index contributed by atoms with van der Waals surface area (Å²) in [7, 11) is 0. The largest absolute Gasteiger partial charge is 0.365 e. The summed E-state index contributed by atoms with van der Waals surface area (Å²) in [5, 5.41) is 9.23. The second-order valence-corrected chi connectivity index (χ2v) is 4.08. The molecular weight excluding hydrogens is 200 g/mol. The van der Waals surface area contributed by atoms with Gasteiger partial charge in [0, 0.05) is 0 Å². The first kappa shape index (κ1) is 10.8. The van der Waals surface area contributed by atoms with E-state index in [0.717, 1.165) is 0 Å². The van der Waals surface area contributed by atoms with Crippen molar-refractivity contribution in [3.05, 3.63) is 12.2 Å². The van der Waals surface area contributed by atoms with Crippen LogP contribution in [0.4, 0.5) is 0 Å². The predicted molar refractivity (Wildman–Crippen MR) is 49.9 cm³/mol. The van der Waals surface area contributed by atoms with Gasteiger partial charge in [-0.1, -0.05) is 0 Å². The van der Waals surface area contributed by atoms with Crippen LogP contribution in [0.2, 0.25) is 0 Å². The van der Waals surface area contributed by atoms with Crippen LogP contribution in [0.5, 0.6) is 0 Å². The van der Waals surface area contributed by atoms with E-state index in [0.29, 0.717) is 6.61 Å². The van der Waals surface area contributed by atoms with Crippen molar-refractivity contribution in [3.63, 3.8) is 0 Å². The Morgan fingerprint density at radius 1 is 1.53 bits per heavy atom. The number of hydrogen-bond acceptors (Lipinski definition) is 5. The molecule has 1 N–H and O–H groups in total. The van der Waals surface area contributed by atoms with E-state index in [-0.39, 0.29) is 5.78 Å². The van der Waals surface area contributed by atoms with Crippen molar-refractivity contribution in [3.8, 4) is 0 Å². The molecule has 5 nitrogen and oxygen atoms in total. The maximum atomic E-state index is 11.5. The van der Waals surface area contributed by atoms with Crippen molar-refractivity contribution < 1.29 is 24.1 Å². The number of rotatable bonds is 1. The summed E-state index contributed by atoms with van der Waals surface area (Å²) >= 11 is 0. The smallest absolute Gasteiger partial charge is 0.187 e. The Labute approximate surface area is 87.6 Å². The summed E-state index contributed by atoms with van der Waals surface area (Å²) < 4.78 is 15.9. The molecule has 0 aromatic heterocycles. The molecule has 0 saturated carbocycles. The van der Waals surface area contributed by atoms with E-state index in [1.807, 2.05) is 0 Å². The maximum absolute atomic E-state index is 11.5. The van der Waals surface area contributed by atoms with Crippen LogP contribution in [0, 0.1) is 0 Å². The van der Waals surface area contributed by atoms with Crippen LogP contribution < -0.4 is 0 Å². The molecule has 0 aromatic carbocycles. The normalized spacial score (nSPS) is 39.7. The van der Waals surface area contributed by atoms with E-state index in [9.17, 15) is 9.90 Å². The molecule has 2 heterocycles. The highest BCUT2D eigenvalue weighted by molar-refractivity contribution is 5.94. The molecule has 3 atom stereocenters. The van der Waals surface area contributed by atoms with Gasteiger partial charge in [-0.2, -0.15) is 0 Å². The number of carbonyl (C=O) groups is 1. The Balaban J connectivity index is 2.06. The standard InChI is InChI=1S/C10H14O5/c1-10(2)13-5-7(15-10)9-6(11)3-4-8(12)14-9/h3-4,7-9,12H,5H2,1-2H3/t7-,8?,9-/m1/s1. The fraction of sp³-hybridized carbons (Fsp3) is 0.700. The predicted octanol–water partition coefficient (Wildman–Crippen LogP) is -0.0196. The van der Waals surface area contributed by atoms with Crippen LogP contribution in [-0.4, -0.2) is 41.8 Å². The molecule has 84 valence electrons. The quantitative estimate of drug-likeness (QED) is 0.664. The molecule has 0 aromatic rings. The van der Waals surface area contributed by atoms with Crippen LogP contribution in [0.1, 0.15) is 13.8 Å². The van der Waals surface area contributed by atoms with Crippen LogP contribution in [0.15, 0.2) is 12.2 Å². The summed E-state index contributed by atoms with van der Waals surface area (Å²) in [6.07, 6.45) is 0.353. The van der Waals surface area contributed by atoms with Gasteiger partial charge in [-0.3, -0.25) is 4.79 Å². The van der Waals surface area contributed by atoms with Crippen molar-refractivity contribution in [1.29, 1.82) is 0 Å². The first-order chi connectivity index (χ1) is 6.98. The topological polar surface area (TPSA) is 65.0 Å². The fourth-order valence-corrected chi connectivity index (χ4v) is 1.67. The molecule has 1 fully saturated rings. The lowest BCUT2D eigenvalue weighted by Gasteiger charge is -2.26. The first-order valence-corrected chi connectivity index (χ1v) is 4.85. The van der Waals surface area contributed by atoms with Gasteiger partial charge in [0.1, 0.15) is 6.10 Å². The minimum absolute atomic E-state index is 0.202. The minimum Gasteiger partial charge on any atom is -0.365 e. The van der Waals surface area contributed by atoms with Gasteiger partial charge in [0.05, 0.1) is 6.61 Å². The Hall–Kier alpha value is -0.750. The second kappa shape index (κ2) is 3.68. The zero-order valence-electron chi connectivity index (χ0n) is 8.67. The van der Waals surface area contributed by atoms with Gasteiger partial charge in [-0.15, -0.1) is 0 Å². The number of carbonyl (C=O) groups excluding carboxylic acids is 1. The molecule has 0 amide bonds. The van der Waals surface area contributed by atoms with Gasteiger partial charge >= 0.3 is 0 Å². The molecule has 2 rings (SSSR count). The van der Waals surface area contributed by atoms with E-state index in [1.165, 1.54) is 12.2 Å². The first-order valence-electron chi connectivity index (χ1n) is 4.85. The minimum atomic E-state index is -1.04. The molecule has 0 aliphatic carbocycles. The van der Waals surface area contributed by atoms with Gasteiger partial charge in [-0.05, 0) is 26.0 Å². The molecule has 5 heteroatoms. The van der Waals surface area contributed by atoms with Crippen molar-refractivity contribution in [1.82, 2.24) is 0 Å². The zero-order chi connectivity index (χ0) is 11.1. The van der Waals surface area contributed by atoms with Crippen molar-refractivity contribution in [2.75, 3.05) is 6.61 Å². The van der Waals surface area contributed by atoms with E-state index < -0.39 is 24.3 Å². The summed E-state index contributed by atoms with van der Waals surface area (Å²) in [5.74, 6) is -0.896. The van der Waals surface area contributed by atoms with Crippen molar-refractivity contribution >= 4 is 5.78 Å². The number of ketones is 1. The van der Waals surface area contributed by atoms with Gasteiger partial charge in [0.15, 0.2) is 24.0 Å². The number of aliphatic hydroxyl groups excluding tert-OH is 1. The highest BCUT2D eigenvalue weighted by Gasteiger charge is 2.42. The molecule has 1 saturated heterocycles. The van der Waals surface area contributed by atoms with Gasteiger partial charge in [-0.25, -0.2) is 0 Å². The molecule has 0 radical (unpaired) electrons. The van der Waals surface area contributed by atoms with Gasteiger partial charge in [0.25, 0.3) is 0 Å². The average molecular weight is 214 g/mol. The Kier molecular flexibility index (Phi) is 2.64. The van der Waals surface area contributed by atoms with Gasteiger partial charge in [0.2, 0.25) is 0 Å². The number of aliphatic hydroxyl groups is 1. The molecule has 0 spiro atoms. The van der Waals surface area contributed by atoms with Gasteiger partial charge < -0.3 is 19.3 Å². The molecule has 0 bridgehead atoms. The third-order valence-electron chi connectivity index (χ3n) is 2.36. The lowest BCUT2D eigenvalue weighted by atomic mass is 10.1. The monoisotopic (exact) mass is 214 g/mol. The SMILES string of the molecule is CC1(C)OC[C@H]([C@@H]2OC(O)C=CC2=O)O1. The highest BCUT2D eigenvalue weighted by atomic mass is 16.8. The molecular formula is C10H14O5. The van der Waals surface area contributed by atoms with Crippen LogP contribution in [0.3, 0.4) is 0 Å². The molecule has 15 heavy (non-hydrogen) atoms. The van der Waals surface area contributed by atoms with Crippen molar-refractivity contribution in [2.45, 2.75) is 38.1 Å². The molecule has 1 unspecified atom stereocenters. The summed E-state index contributed by atoms with van der Waals surface area (Å²) in [6, 6.07) is 0. The molecule has 2 aliphatic rings. The number of ether oxygens (including phenoxy) is 3. The Morgan fingerprint density at radius 3 is 2.87 bits per heavy atom. The van der Waals surface area contributed by atoms with Crippen LogP contribution in [-0.2, 0) is 19.0 Å². The second-order valence-electron chi connectivity index (χ2n) is 4.08. The summed E-state index contributed by atoms with van der Waals surface area (Å²) in [6.45, 7) is 3.84. The average Bonchev–Trinajstić information content (AvgIpc) is 2.50.